The summed E-state index contributed by atoms with van der Waals surface area (Å²) in [6, 6.07) is 12.4. The minimum absolute atomic E-state index is 0. The van der Waals surface area contributed by atoms with Gasteiger partial charge in [0, 0.05) is 25.5 Å². The second-order valence-electron chi connectivity index (χ2n) is 7.72. The molecule has 0 saturated heterocycles. The summed E-state index contributed by atoms with van der Waals surface area (Å²) in [4.78, 5) is 24.1. The van der Waals surface area contributed by atoms with Crippen molar-refractivity contribution in [3.63, 3.8) is 0 Å². The van der Waals surface area contributed by atoms with E-state index in [1.807, 2.05) is 34.1 Å². The van der Waals surface area contributed by atoms with E-state index in [4.69, 9.17) is 4.98 Å². The van der Waals surface area contributed by atoms with Gasteiger partial charge in [-0.3, -0.25) is 9.69 Å². The first-order chi connectivity index (χ1) is 14.5. The van der Waals surface area contributed by atoms with Gasteiger partial charge in [-0.2, -0.15) is 0 Å². The second kappa shape index (κ2) is 10.1. The van der Waals surface area contributed by atoms with Crippen LogP contribution in [0.2, 0.25) is 0 Å². The number of carbonyl (C=O) groups excluding carboxylic acids is 1. The largest absolute Gasteiger partial charge is 0.337 e. The number of fused-ring (bicyclic) bond motifs is 1. The van der Waals surface area contributed by atoms with Gasteiger partial charge in [0.15, 0.2) is 5.13 Å². The number of thiazole rings is 1. The molecule has 31 heavy (non-hydrogen) atoms. The van der Waals surface area contributed by atoms with Gasteiger partial charge in [0.2, 0.25) is 5.91 Å². The zero-order valence-electron chi connectivity index (χ0n) is 18.0. The molecular weight excluding hydrogens is 428 g/mol. The Kier molecular flexibility index (Phi) is 7.46. The maximum absolute atomic E-state index is 13.3. The third kappa shape index (κ3) is 5.32. The Balaban J connectivity index is 0.00000272. The Hall–Kier alpha value is -2.70. The molecule has 162 valence electrons. The number of hydrogen-bond acceptors (Lipinski definition) is 4. The number of benzene rings is 2. The Labute approximate surface area is 193 Å². The van der Waals surface area contributed by atoms with Crippen LogP contribution in [0, 0.1) is 20.8 Å². The molecule has 0 bridgehead atoms. The molecule has 0 fully saturated rings. The molecule has 4 rings (SSSR count). The fraction of sp³-hybridized carbons (Fsp3) is 0.292. The zero-order chi connectivity index (χ0) is 21.1. The molecular formula is C24H27ClN4OS. The molecule has 0 aliphatic rings. The van der Waals surface area contributed by atoms with Crippen LogP contribution in [0.5, 0.6) is 0 Å². The van der Waals surface area contributed by atoms with E-state index >= 15 is 0 Å². The van der Waals surface area contributed by atoms with E-state index in [-0.39, 0.29) is 18.3 Å². The molecule has 0 aliphatic carbocycles. The van der Waals surface area contributed by atoms with Gasteiger partial charge in [-0.25, -0.2) is 9.97 Å². The summed E-state index contributed by atoms with van der Waals surface area (Å²) in [5, 5.41) is 0.780. The molecule has 0 radical (unpaired) electrons. The van der Waals surface area contributed by atoms with Crippen molar-refractivity contribution in [2.75, 3.05) is 11.4 Å². The molecule has 0 atom stereocenters. The molecule has 2 aromatic carbocycles. The van der Waals surface area contributed by atoms with Crippen molar-refractivity contribution in [1.82, 2.24) is 14.5 Å². The van der Waals surface area contributed by atoms with E-state index < -0.39 is 0 Å². The van der Waals surface area contributed by atoms with E-state index in [1.54, 1.807) is 17.5 Å². The van der Waals surface area contributed by atoms with Crippen LogP contribution in [0.15, 0.2) is 55.1 Å². The minimum Gasteiger partial charge on any atom is -0.337 e. The molecule has 0 N–H and O–H groups in total. The third-order valence-corrected chi connectivity index (χ3v) is 6.44. The monoisotopic (exact) mass is 454 g/mol. The first-order valence-corrected chi connectivity index (χ1v) is 11.0. The molecule has 1 amide bonds. The average molecular weight is 455 g/mol. The van der Waals surface area contributed by atoms with Crippen LogP contribution in [0.1, 0.15) is 28.7 Å². The number of aromatic nitrogens is 3. The lowest BCUT2D eigenvalue weighted by Crippen LogP contribution is -2.33. The third-order valence-electron chi connectivity index (χ3n) is 5.40. The summed E-state index contributed by atoms with van der Waals surface area (Å²) >= 11 is 1.59. The number of carbonyl (C=O) groups is 1. The van der Waals surface area contributed by atoms with Gasteiger partial charge >= 0.3 is 0 Å². The van der Waals surface area contributed by atoms with Gasteiger partial charge in [-0.05, 0) is 49.9 Å². The van der Waals surface area contributed by atoms with Crippen molar-refractivity contribution in [1.29, 1.82) is 0 Å². The van der Waals surface area contributed by atoms with Crippen LogP contribution >= 0.6 is 23.7 Å². The number of aryl methyl sites for hydroxylation is 4. The van der Waals surface area contributed by atoms with Crippen LogP contribution in [0.25, 0.3) is 10.2 Å². The highest BCUT2D eigenvalue weighted by Crippen LogP contribution is 2.32. The smallest absolute Gasteiger partial charge is 0.233 e. The summed E-state index contributed by atoms with van der Waals surface area (Å²) in [5.74, 6) is 0.0830. The first kappa shape index (κ1) is 23.0. The summed E-state index contributed by atoms with van der Waals surface area (Å²) in [6.07, 6.45) is 6.75. The van der Waals surface area contributed by atoms with E-state index in [0.717, 1.165) is 39.4 Å². The maximum atomic E-state index is 13.3. The summed E-state index contributed by atoms with van der Waals surface area (Å²) in [6.45, 7) is 7.69. The zero-order valence-corrected chi connectivity index (χ0v) is 19.7. The number of amides is 1. The van der Waals surface area contributed by atoms with Gasteiger partial charge in [0.1, 0.15) is 0 Å². The van der Waals surface area contributed by atoms with Crippen LogP contribution in [0.3, 0.4) is 0 Å². The van der Waals surface area contributed by atoms with E-state index in [2.05, 4.69) is 50.0 Å². The number of halogens is 1. The van der Waals surface area contributed by atoms with E-state index in [1.165, 1.54) is 11.1 Å². The van der Waals surface area contributed by atoms with Gasteiger partial charge < -0.3 is 4.57 Å². The molecule has 0 spiro atoms. The van der Waals surface area contributed by atoms with Crippen molar-refractivity contribution < 1.29 is 4.79 Å². The Morgan fingerprint density at radius 3 is 2.74 bits per heavy atom. The SMILES string of the molecule is Cc1cccc(CC(=O)N(CCCn2ccnc2)c2nc3c(C)c(C)ccc3s2)c1.Cl. The highest BCUT2D eigenvalue weighted by atomic mass is 35.5. The van der Waals surface area contributed by atoms with Crippen molar-refractivity contribution in [3.8, 4) is 0 Å². The van der Waals surface area contributed by atoms with Gasteiger partial charge in [0.05, 0.1) is 23.0 Å². The number of nitrogens with zero attached hydrogens (tertiary/aromatic N) is 4. The maximum Gasteiger partial charge on any atom is 0.233 e. The molecule has 2 aromatic heterocycles. The topological polar surface area (TPSA) is 51.0 Å². The molecule has 0 aliphatic heterocycles. The van der Waals surface area contributed by atoms with E-state index in [0.29, 0.717) is 13.0 Å². The predicted molar refractivity (Wildman–Crippen MR) is 130 cm³/mol. The molecule has 0 saturated carbocycles. The van der Waals surface area contributed by atoms with Crippen LogP contribution in [-0.2, 0) is 17.8 Å². The van der Waals surface area contributed by atoms with Gasteiger partial charge in [0.25, 0.3) is 0 Å². The molecule has 7 heteroatoms. The lowest BCUT2D eigenvalue weighted by molar-refractivity contribution is -0.118. The summed E-state index contributed by atoms with van der Waals surface area (Å²) in [7, 11) is 0. The standard InChI is InChI=1S/C24H26N4OS.ClH/c1-17-6-4-7-20(14-17)15-22(29)28(12-5-11-27-13-10-25-16-27)24-26-23-19(3)18(2)8-9-21(23)30-24;/h4,6-10,13-14,16H,5,11-12,15H2,1-3H3;1H. The van der Waals surface area contributed by atoms with Crippen molar-refractivity contribution in [3.05, 3.63) is 77.4 Å². The summed E-state index contributed by atoms with van der Waals surface area (Å²) in [5.41, 5.74) is 5.60. The first-order valence-electron chi connectivity index (χ1n) is 10.2. The predicted octanol–water partition coefficient (Wildman–Crippen LogP) is 5.51. The Morgan fingerprint density at radius 2 is 2.00 bits per heavy atom. The van der Waals surface area contributed by atoms with Crippen LogP contribution in [-0.4, -0.2) is 27.0 Å². The van der Waals surface area contributed by atoms with E-state index in [9.17, 15) is 4.79 Å². The van der Waals surface area contributed by atoms with Crippen molar-refractivity contribution in [2.24, 2.45) is 0 Å². The van der Waals surface area contributed by atoms with Crippen LogP contribution in [0.4, 0.5) is 5.13 Å². The Morgan fingerprint density at radius 1 is 1.16 bits per heavy atom. The quantitative estimate of drug-likeness (QED) is 0.370. The highest BCUT2D eigenvalue weighted by molar-refractivity contribution is 7.22. The Bertz CT molecular complexity index is 1170. The minimum atomic E-state index is 0. The normalized spacial score (nSPS) is 10.8. The highest BCUT2D eigenvalue weighted by Gasteiger charge is 2.20. The molecule has 2 heterocycles. The van der Waals surface area contributed by atoms with Crippen molar-refractivity contribution >= 4 is 45.0 Å². The fourth-order valence-electron chi connectivity index (χ4n) is 3.58. The lowest BCUT2D eigenvalue weighted by atomic mass is 10.1. The fourth-order valence-corrected chi connectivity index (χ4v) is 4.65. The van der Waals surface area contributed by atoms with Gasteiger partial charge in [-0.1, -0.05) is 47.2 Å². The van der Waals surface area contributed by atoms with Crippen molar-refractivity contribution in [2.45, 2.75) is 40.2 Å². The molecule has 5 nitrogen and oxygen atoms in total. The molecule has 4 aromatic rings. The lowest BCUT2D eigenvalue weighted by Gasteiger charge is -2.20. The van der Waals surface area contributed by atoms with Gasteiger partial charge in [-0.15, -0.1) is 12.4 Å². The average Bonchev–Trinajstić information content (AvgIpc) is 3.38. The van der Waals surface area contributed by atoms with Crippen LogP contribution < -0.4 is 4.90 Å². The summed E-state index contributed by atoms with van der Waals surface area (Å²) < 4.78 is 3.16. The second-order valence-corrected chi connectivity index (χ2v) is 8.73. The molecule has 0 unspecified atom stereocenters. The number of rotatable bonds is 7. The number of anilines is 1. The number of hydrogen-bond donors (Lipinski definition) is 0. The number of imidazole rings is 1.